The van der Waals surface area contributed by atoms with Gasteiger partial charge in [-0.15, -0.1) is 0 Å². The van der Waals surface area contributed by atoms with Crippen molar-refractivity contribution >= 4 is 5.69 Å². The summed E-state index contributed by atoms with van der Waals surface area (Å²) in [5, 5.41) is 3.59. The Balaban J connectivity index is 2.07. The van der Waals surface area contributed by atoms with Crippen LogP contribution in [0.4, 0.5) is 5.69 Å². The van der Waals surface area contributed by atoms with Crippen LogP contribution in [0.3, 0.4) is 0 Å². The topological polar surface area (TPSA) is 12.0 Å². The van der Waals surface area contributed by atoms with Gasteiger partial charge in [-0.05, 0) is 62.8 Å². The van der Waals surface area contributed by atoms with Gasteiger partial charge < -0.3 is 5.32 Å². The van der Waals surface area contributed by atoms with Crippen molar-refractivity contribution in [2.75, 3.05) is 5.32 Å². The highest BCUT2D eigenvalue weighted by Gasteiger charge is 2.27. The predicted octanol–water partition coefficient (Wildman–Crippen LogP) is 3.51. The van der Waals surface area contributed by atoms with Crippen LogP contribution in [0.15, 0.2) is 18.2 Å². The summed E-state index contributed by atoms with van der Waals surface area (Å²) >= 11 is 0. The van der Waals surface area contributed by atoms with Gasteiger partial charge in [-0.3, -0.25) is 0 Å². The van der Waals surface area contributed by atoms with Crippen LogP contribution < -0.4 is 5.32 Å². The molecule has 1 heteroatoms. The summed E-state index contributed by atoms with van der Waals surface area (Å²) in [7, 11) is 0. The van der Waals surface area contributed by atoms with Gasteiger partial charge in [0.2, 0.25) is 0 Å². The number of hydrogen-bond donors (Lipinski definition) is 1. The number of nitrogens with one attached hydrogen (secondary N) is 1. The molecule has 0 bridgehead atoms. The first-order chi connectivity index (χ1) is 6.65. The van der Waals surface area contributed by atoms with Gasteiger partial charge in [0.25, 0.3) is 0 Å². The molecule has 1 atom stereocenters. The van der Waals surface area contributed by atoms with Crippen molar-refractivity contribution in [3.63, 3.8) is 0 Å². The second kappa shape index (κ2) is 3.64. The molecule has 2 rings (SSSR count). The summed E-state index contributed by atoms with van der Waals surface area (Å²) in [5.41, 5.74) is 3.97. The summed E-state index contributed by atoms with van der Waals surface area (Å²) in [6.45, 7) is 6.59. The van der Waals surface area contributed by atoms with Crippen molar-refractivity contribution in [2.24, 2.45) is 5.92 Å². The van der Waals surface area contributed by atoms with Crippen LogP contribution in [0.25, 0.3) is 0 Å². The normalized spacial score (nSPS) is 17.9. The number of anilines is 1. The molecular formula is C13H19N. The Bertz CT molecular complexity index is 306. The molecule has 0 aromatic heterocycles. The van der Waals surface area contributed by atoms with Gasteiger partial charge >= 0.3 is 0 Å². The molecule has 1 aromatic rings. The lowest BCUT2D eigenvalue weighted by Crippen LogP contribution is -2.17. The van der Waals surface area contributed by atoms with Crippen molar-refractivity contribution in [3.8, 4) is 0 Å². The van der Waals surface area contributed by atoms with Crippen molar-refractivity contribution in [3.05, 3.63) is 29.3 Å². The predicted molar refractivity (Wildman–Crippen MR) is 61.7 cm³/mol. The molecule has 0 spiro atoms. The molecule has 0 saturated heterocycles. The van der Waals surface area contributed by atoms with Crippen molar-refractivity contribution in [2.45, 2.75) is 39.7 Å². The first-order valence-electron chi connectivity index (χ1n) is 5.50. The Labute approximate surface area is 86.5 Å². The Morgan fingerprint density at radius 2 is 1.71 bits per heavy atom. The number of benzene rings is 1. The Hall–Kier alpha value is -0.980. The van der Waals surface area contributed by atoms with E-state index in [1.54, 1.807) is 0 Å². The average Bonchev–Trinajstić information content (AvgIpc) is 2.82. The third-order valence-corrected chi connectivity index (χ3v) is 2.95. The minimum Gasteiger partial charge on any atom is -0.382 e. The standard InChI is InChI=1S/C13H19N/c1-9-6-10(2)8-13(7-9)14-11(3)12-4-5-12/h6-8,11-12,14H,4-5H2,1-3H3. The molecule has 76 valence electrons. The fourth-order valence-corrected chi connectivity index (χ4v) is 2.03. The van der Waals surface area contributed by atoms with E-state index in [-0.39, 0.29) is 0 Å². The van der Waals surface area contributed by atoms with Gasteiger partial charge in [0, 0.05) is 11.7 Å². The molecule has 0 heterocycles. The van der Waals surface area contributed by atoms with Crippen LogP contribution in [0.5, 0.6) is 0 Å². The minimum absolute atomic E-state index is 0.635. The van der Waals surface area contributed by atoms with E-state index in [0.717, 1.165) is 5.92 Å². The fraction of sp³-hybridized carbons (Fsp3) is 0.538. The highest BCUT2D eigenvalue weighted by atomic mass is 14.9. The van der Waals surface area contributed by atoms with E-state index in [0.29, 0.717) is 6.04 Å². The Morgan fingerprint density at radius 1 is 1.14 bits per heavy atom. The van der Waals surface area contributed by atoms with E-state index >= 15 is 0 Å². The molecule has 1 unspecified atom stereocenters. The molecule has 1 aromatic carbocycles. The van der Waals surface area contributed by atoms with Crippen LogP contribution in [-0.4, -0.2) is 6.04 Å². The molecule has 1 aliphatic rings. The third-order valence-electron chi connectivity index (χ3n) is 2.95. The van der Waals surface area contributed by atoms with Gasteiger partial charge in [-0.2, -0.15) is 0 Å². The summed E-state index contributed by atoms with van der Waals surface area (Å²) in [4.78, 5) is 0. The number of hydrogen-bond acceptors (Lipinski definition) is 1. The van der Waals surface area contributed by atoms with Crippen LogP contribution in [0, 0.1) is 19.8 Å². The summed E-state index contributed by atoms with van der Waals surface area (Å²) in [6.07, 6.45) is 2.80. The first-order valence-corrected chi connectivity index (χ1v) is 5.50. The van der Waals surface area contributed by atoms with Crippen LogP contribution in [0.2, 0.25) is 0 Å². The average molecular weight is 189 g/mol. The zero-order chi connectivity index (χ0) is 10.1. The monoisotopic (exact) mass is 189 g/mol. The van der Waals surface area contributed by atoms with Crippen LogP contribution >= 0.6 is 0 Å². The lowest BCUT2D eigenvalue weighted by atomic mass is 10.1. The quantitative estimate of drug-likeness (QED) is 0.767. The van der Waals surface area contributed by atoms with E-state index in [1.807, 2.05) is 0 Å². The van der Waals surface area contributed by atoms with E-state index < -0.39 is 0 Å². The zero-order valence-electron chi connectivity index (χ0n) is 9.30. The number of aryl methyl sites for hydroxylation is 2. The zero-order valence-corrected chi connectivity index (χ0v) is 9.30. The number of rotatable bonds is 3. The second-order valence-electron chi connectivity index (χ2n) is 4.65. The maximum atomic E-state index is 3.59. The highest BCUT2D eigenvalue weighted by molar-refractivity contribution is 5.49. The lowest BCUT2D eigenvalue weighted by Gasteiger charge is -2.15. The first kappa shape index (κ1) is 9.57. The minimum atomic E-state index is 0.635. The summed E-state index contributed by atoms with van der Waals surface area (Å²) in [6, 6.07) is 7.31. The van der Waals surface area contributed by atoms with Gasteiger partial charge in [0.15, 0.2) is 0 Å². The van der Waals surface area contributed by atoms with Gasteiger partial charge in [-0.25, -0.2) is 0 Å². The molecule has 0 amide bonds. The second-order valence-corrected chi connectivity index (χ2v) is 4.65. The Morgan fingerprint density at radius 3 is 2.21 bits per heavy atom. The van der Waals surface area contributed by atoms with Gasteiger partial charge in [0.1, 0.15) is 0 Å². The van der Waals surface area contributed by atoms with E-state index in [2.05, 4.69) is 44.3 Å². The summed E-state index contributed by atoms with van der Waals surface area (Å²) in [5.74, 6) is 0.913. The maximum Gasteiger partial charge on any atom is 0.0347 e. The molecule has 1 aliphatic carbocycles. The highest BCUT2D eigenvalue weighted by Crippen LogP contribution is 2.34. The SMILES string of the molecule is Cc1cc(C)cc(NC(C)C2CC2)c1. The molecule has 1 saturated carbocycles. The van der Waals surface area contributed by atoms with Crippen molar-refractivity contribution < 1.29 is 0 Å². The van der Waals surface area contributed by atoms with E-state index in [9.17, 15) is 0 Å². The Kier molecular flexibility index (Phi) is 2.49. The van der Waals surface area contributed by atoms with Crippen LogP contribution in [0.1, 0.15) is 30.9 Å². The van der Waals surface area contributed by atoms with Gasteiger partial charge in [0.05, 0.1) is 0 Å². The largest absolute Gasteiger partial charge is 0.382 e. The summed E-state index contributed by atoms with van der Waals surface area (Å²) < 4.78 is 0. The molecule has 0 aliphatic heterocycles. The smallest absolute Gasteiger partial charge is 0.0347 e. The molecular weight excluding hydrogens is 170 g/mol. The molecule has 14 heavy (non-hydrogen) atoms. The van der Waals surface area contributed by atoms with Crippen molar-refractivity contribution in [1.82, 2.24) is 0 Å². The van der Waals surface area contributed by atoms with Gasteiger partial charge in [-0.1, -0.05) is 6.07 Å². The molecule has 0 radical (unpaired) electrons. The van der Waals surface area contributed by atoms with Crippen LogP contribution in [-0.2, 0) is 0 Å². The molecule has 1 nitrogen and oxygen atoms in total. The molecule has 1 N–H and O–H groups in total. The van der Waals surface area contributed by atoms with Crippen molar-refractivity contribution in [1.29, 1.82) is 0 Å². The van der Waals surface area contributed by atoms with E-state index in [4.69, 9.17) is 0 Å². The third kappa shape index (κ3) is 2.28. The fourth-order valence-electron chi connectivity index (χ4n) is 2.03. The van der Waals surface area contributed by atoms with E-state index in [1.165, 1.54) is 29.7 Å². The lowest BCUT2D eigenvalue weighted by molar-refractivity contribution is 0.694. The molecule has 1 fully saturated rings. The maximum absolute atomic E-state index is 3.59.